The molecular weight excluding hydrogens is 248 g/mol. The van der Waals surface area contributed by atoms with Crippen molar-refractivity contribution in [2.75, 3.05) is 19.6 Å². The lowest BCUT2D eigenvalue weighted by Gasteiger charge is -2.23. The summed E-state index contributed by atoms with van der Waals surface area (Å²) in [6.07, 6.45) is 4.23. The van der Waals surface area contributed by atoms with Crippen LogP contribution in [0.5, 0.6) is 0 Å². The Morgan fingerprint density at radius 1 is 1.15 bits per heavy atom. The zero-order chi connectivity index (χ0) is 15.1. The molecule has 114 valence electrons. The van der Waals surface area contributed by atoms with Crippen LogP contribution in [0, 0.1) is 11.8 Å². The SMILES string of the molecule is CC(C)CCN(CCC(C)C)CC(=O)c1cccn1C. The molecule has 0 saturated carbocycles. The average molecular weight is 278 g/mol. The number of Topliss-reactive ketones (excluding diaryl/α,β-unsaturated/α-hetero) is 1. The van der Waals surface area contributed by atoms with Gasteiger partial charge >= 0.3 is 0 Å². The molecule has 1 aromatic rings. The van der Waals surface area contributed by atoms with Gasteiger partial charge in [-0.2, -0.15) is 0 Å². The van der Waals surface area contributed by atoms with Crippen LogP contribution in [0.3, 0.4) is 0 Å². The number of nitrogens with zero attached hydrogens (tertiary/aromatic N) is 2. The van der Waals surface area contributed by atoms with Crippen molar-refractivity contribution in [2.45, 2.75) is 40.5 Å². The third-order valence-corrected chi connectivity index (χ3v) is 3.64. The predicted octanol–water partition coefficient (Wildman–Crippen LogP) is 3.60. The van der Waals surface area contributed by atoms with E-state index in [1.54, 1.807) is 0 Å². The van der Waals surface area contributed by atoms with E-state index >= 15 is 0 Å². The predicted molar refractivity (Wildman–Crippen MR) is 85.1 cm³/mol. The second-order valence-corrected chi connectivity index (χ2v) is 6.57. The topological polar surface area (TPSA) is 25.2 Å². The standard InChI is InChI=1S/C17H30N2O/c1-14(2)8-11-19(12-9-15(3)4)13-17(20)16-7-6-10-18(16)5/h6-7,10,14-15H,8-9,11-13H2,1-5H3. The smallest absolute Gasteiger partial charge is 0.193 e. The van der Waals surface area contributed by atoms with Gasteiger partial charge in [0.2, 0.25) is 0 Å². The maximum absolute atomic E-state index is 12.4. The van der Waals surface area contributed by atoms with Gasteiger partial charge in [-0.05, 0) is 49.9 Å². The number of rotatable bonds is 9. The minimum atomic E-state index is 0.227. The largest absolute Gasteiger partial charge is 0.348 e. The van der Waals surface area contributed by atoms with Crippen LogP contribution in [0.25, 0.3) is 0 Å². The molecule has 0 bridgehead atoms. The summed E-state index contributed by atoms with van der Waals surface area (Å²) in [5.74, 6) is 1.59. The summed E-state index contributed by atoms with van der Waals surface area (Å²) in [5, 5.41) is 0. The molecule has 0 radical (unpaired) electrons. The molecule has 0 aliphatic carbocycles. The molecule has 0 atom stereocenters. The third kappa shape index (κ3) is 5.91. The van der Waals surface area contributed by atoms with E-state index in [1.165, 1.54) is 0 Å². The Labute approximate surface area is 124 Å². The van der Waals surface area contributed by atoms with Crippen molar-refractivity contribution in [3.05, 3.63) is 24.0 Å². The summed E-state index contributed by atoms with van der Waals surface area (Å²) < 4.78 is 1.91. The maximum Gasteiger partial charge on any atom is 0.193 e. The first-order valence-electron chi connectivity index (χ1n) is 7.77. The molecule has 0 aromatic carbocycles. The van der Waals surface area contributed by atoms with Gasteiger partial charge in [0, 0.05) is 13.2 Å². The first-order valence-corrected chi connectivity index (χ1v) is 7.77. The van der Waals surface area contributed by atoms with Crippen molar-refractivity contribution in [1.82, 2.24) is 9.47 Å². The van der Waals surface area contributed by atoms with Crippen molar-refractivity contribution < 1.29 is 4.79 Å². The number of carbonyl (C=O) groups is 1. The molecule has 0 unspecified atom stereocenters. The molecule has 0 amide bonds. The van der Waals surface area contributed by atoms with Crippen molar-refractivity contribution in [1.29, 1.82) is 0 Å². The van der Waals surface area contributed by atoms with E-state index in [2.05, 4.69) is 32.6 Å². The molecule has 0 saturated heterocycles. The van der Waals surface area contributed by atoms with Crippen LogP contribution < -0.4 is 0 Å². The second-order valence-electron chi connectivity index (χ2n) is 6.57. The van der Waals surface area contributed by atoms with Crippen LogP contribution in [0.1, 0.15) is 51.0 Å². The molecule has 3 nitrogen and oxygen atoms in total. The van der Waals surface area contributed by atoms with Gasteiger partial charge in [0.05, 0.1) is 12.2 Å². The normalized spacial score (nSPS) is 11.8. The highest BCUT2D eigenvalue weighted by Gasteiger charge is 2.15. The van der Waals surface area contributed by atoms with Crippen molar-refractivity contribution in [3.8, 4) is 0 Å². The maximum atomic E-state index is 12.4. The molecule has 20 heavy (non-hydrogen) atoms. The first-order chi connectivity index (χ1) is 9.40. The second kappa shape index (κ2) is 8.25. The molecule has 0 spiro atoms. The van der Waals surface area contributed by atoms with Crippen molar-refractivity contribution >= 4 is 5.78 Å². The lowest BCUT2D eigenvalue weighted by atomic mass is 10.1. The zero-order valence-electron chi connectivity index (χ0n) is 13.7. The fourth-order valence-electron chi connectivity index (χ4n) is 2.19. The third-order valence-electron chi connectivity index (χ3n) is 3.64. The van der Waals surface area contributed by atoms with Crippen LogP contribution in [0.4, 0.5) is 0 Å². The molecular formula is C17H30N2O. The number of hydrogen-bond donors (Lipinski definition) is 0. The summed E-state index contributed by atoms with van der Waals surface area (Å²) in [5.41, 5.74) is 0.809. The Kier molecular flexibility index (Phi) is 7.00. The summed E-state index contributed by atoms with van der Waals surface area (Å²) in [6, 6.07) is 3.84. The molecule has 3 heteroatoms. The van der Waals surface area contributed by atoms with Gasteiger partial charge in [0.25, 0.3) is 0 Å². The van der Waals surface area contributed by atoms with E-state index in [-0.39, 0.29) is 5.78 Å². The fourth-order valence-corrected chi connectivity index (χ4v) is 2.19. The minimum Gasteiger partial charge on any atom is -0.348 e. The molecule has 0 aliphatic rings. The van der Waals surface area contributed by atoms with E-state index in [0.717, 1.165) is 31.6 Å². The van der Waals surface area contributed by atoms with Crippen LogP contribution in [0.2, 0.25) is 0 Å². The Morgan fingerprint density at radius 2 is 1.70 bits per heavy atom. The van der Waals surface area contributed by atoms with E-state index in [0.29, 0.717) is 18.4 Å². The molecule has 1 aromatic heterocycles. The highest BCUT2D eigenvalue weighted by molar-refractivity contribution is 5.96. The quantitative estimate of drug-likeness (QED) is 0.645. The Morgan fingerprint density at radius 3 is 2.10 bits per heavy atom. The van der Waals surface area contributed by atoms with Gasteiger partial charge < -0.3 is 4.57 Å². The Hall–Kier alpha value is -1.09. The monoisotopic (exact) mass is 278 g/mol. The molecule has 0 aliphatic heterocycles. The van der Waals surface area contributed by atoms with Gasteiger partial charge in [-0.1, -0.05) is 27.7 Å². The lowest BCUT2D eigenvalue weighted by molar-refractivity contribution is 0.0915. The number of aromatic nitrogens is 1. The van der Waals surface area contributed by atoms with Gasteiger partial charge in [-0.3, -0.25) is 9.69 Å². The van der Waals surface area contributed by atoms with Crippen LogP contribution in [0.15, 0.2) is 18.3 Å². The minimum absolute atomic E-state index is 0.227. The Balaban J connectivity index is 2.58. The molecule has 0 fully saturated rings. The lowest BCUT2D eigenvalue weighted by Crippen LogP contribution is -2.33. The van der Waals surface area contributed by atoms with Crippen LogP contribution in [-0.2, 0) is 7.05 Å². The van der Waals surface area contributed by atoms with E-state index < -0.39 is 0 Å². The van der Waals surface area contributed by atoms with E-state index in [4.69, 9.17) is 0 Å². The van der Waals surface area contributed by atoms with Gasteiger partial charge in [-0.15, -0.1) is 0 Å². The number of ketones is 1. The Bertz CT molecular complexity index is 395. The number of carbonyl (C=O) groups excluding carboxylic acids is 1. The van der Waals surface area contributed by atoms with Crippen LogP contribution >= 0.6 is 0 Å². The summed E-state index contributed by atoms with van der Waals surface area (Å²) >= 11 is 0. The van der Waals surface area contributed by atoms with Crippen molar-refractivity contribution in [3.63, 3.8) is 0 Å². The van der Waals surface area contributed by atoms with Gasteiger partial charge in [0.1, 0.15) is 0 Å². The first kappa shape index (κ1) is 17.0. The van der Waals surface area contributed by atoms with Crippen LogP contribution in [-0.4, -0.2) is 34.9 Å². The number of aryl methyl sites for hydroxylation is 1. The van der Waals surface area contributed by atoms with E-state index in [1.807, 2.05) is 29.9 Å². The van der Waals surface area contributed by atoms with Gasteiger partial charge in [-0.25, -0.2) is 0 Å². The van der Waals surface area contributed by atoms with Gasteiger partial charge in [0.15, 0.2) is 5.78 Å². The fraction of sp³-hybridized carbons (Fsp3) is 0.706. The highest BCUT2D eigenvalue weighted by Crippen LogP contribution is 2.09. The summed E-state index contributed by atoms with van der Waals surface area (Å²) in [4.78, 5) is 14.7. The van der Waals surface area contributed by atoms with Crippen molar-refractivity contribution in [2.24, 2.45) is 18.9 Å². The summed E-state index contributed by atoms with van der Waals surface area (Å²) in [6.45, 7) is 11.5. The average Bonchev–Trinajstić information content (AvgIpc) is 2.78. The highest BCUT2D eigenvalue weighted by atomic mass is 16.1. The van der Waals surface area contributed by atoms with E-state index in [9.17, 15) is 4.79 Å². The molecule has 1 rings (SSSR count). The summed E-state index contributed by atoms with van der Waals surface area (Å²) in [7, 11) is 1.93. The molecule has 0 N–H and O–H groups in total. The zero-order valence-corrected chi connectivity index (χ0v) is 13.7. The number of hydrogen-bond acceptors (Lipinski definition) is 2. The molecule has 1 heterocycles.